The Kier molecular flexibility index (Phi) is 8.58. The maximum Gasteiger partial charge on any atom is 0.104 e. The minimum Gasteiger partial charge on any atom is -0.384 e. The first-order valence-electron chi connectivity index (χ1n) is 13.1. The van der Waals surface area contributed by atoms with Crippen molar-refractivity contribution in [1.29, 1.82) is 0 Å². The molecule has 1 heterocycles. The molecule has 0 saturated carbocycles. The Morgan fingerprint density at radius 3 is 2.03 bits per heavy atom. The highest BCUT2D eigenvalue weighted by Crippen LogP contribution is 2.33. The fourth-order valence-electron chi connectivity index (χ4n) is 4.47. The lowest BCUT2D eigenvalue weighted by Gasteiger charge is -2.13. The third kappa shape index (κ3) is 5.70. The number of para-hydroxylation sites is 1. The van der Waals surface area contributed by atoms with E-state index in [-0.39, 0.29) is 0 Å². The summed E-state index contributed by atoms with van der Waals surface area (Å²) in [5, 5.41) is 13.3. The fourth-order valence-corrected chi connectivity index (χ4v) is 4.47. The van der Waals surface area contributed by atoms with E-state index in [2.05, 4.69) is 79.9 Å². The van der Waals surface area contributed by atoms with Crippen LogP contribution in [0.4, 0.5) is 0 Å². The highest BCUT2D eigenvalue weighted by atomic mass is 16.3. The normalized spacial score (nSPS) is 12.1. The van der Waals surface area contributed by atoms with Gasteiger partial charge < -0.3 is 15.4 Å². The smallest absolute Gasteiger partial charge is 0.104 e. The second-order valence-corrected chi connectivity index (χ2v) is 9.84. The Morgan fingerprint density at radius 2 is 1.36 bits per heavy atom. The summed E-state index contributed by atoms with van der Waals surface area (Å²) in [4.78, 5) is 0. The summed E-state index contributed by atoms with van der Waals surface area (Å²) in [5.74, 6) is 0.662. The van der Waals surface area contributed by atoms with Crippen LogP contribution in [0.3, 0.4) is 0 Å². The average Bonchev–Trinajstić information content (AvgIpc) is 3.26. The molecule has 0 saturated heterocycles. The number of hydrogen-bond donors (Lipinski definition) is 2. The highest BCUT2D eigenvalue weighted by Gasteiger charge is 2.14. The molecule has 5 aromatic rings. The second kappa shape index (κ2) is 12.0. The standard InChI is InChI=1S/C29H27NO.C4H11N/c1-2-3-9-21-14-19-28-26(20-21)25-12-7-8-13-27(25)30(28)24-17-15-23(16-18-24)29(31)22-10-5-4-6-11-22;1-4(2)3-5/h4-8,10-20,29,31H,2-3,9H2,1H3;4H,3,5H2,1-2H3. The molecular formula is C33H38N2O. The molecule has 0 spiro atoms. The van der Waals surface area contributed by atoms with Crippen LogP contribution in [0, 0.1) is 5.92 Å². The van der Waals surface area contributed by atoms with E-state index >= 15 is 0 Å². The third-order valence-electron chi connectivity index (χ3n) is 6.61. The predicted octanol–water partition coefficient (Wildman–Crippen LogP) is 7.81. The van der Waals surface area contributed by atoms with Gasteiger partial charge >= 0.3 is 0 Å². The zero-order valence-corrected chi connectivity index (χ0v) is 21.7. The molecule has 36 heavy (non-hydrogen) atoms. The number of nitrogens with two attached hydrogens (primary N) is 1. The Morgan fingerprint density at radius 1 is 0.750 bits per heavy atom. The number of aryl methyl sites for hydroxylation is 1. The second-order valence-electron chi connectivity index (χ2n) is 9.84. The van der Waals surface area contributed by atoms with E-state index < -0.39 is 6.10 Å². The molecule has 4 aromatic carbocycles. The molecule has 0 aliphatic rings. The van der Waals surface area contributed by atoms with Crippen molar-refractivity contribution in [3.05, 3.63) is 114 Å². The summed E-state index contributed by atoms with van der Waals surface area (Å²) in [6, 6.07) is 33.6. The van der Waals surface area contributed by atoms with Crippen LogP contribution in [0.25, 0.3) is 27.5 Å². The van der Waals surface area contributed by atoms with E-state index in [4.69, 9.17) is 5.73 Å². The number of unbranched alkanes of at least 4 members (excludes halogenated alkanes) is 1. The van der Waals surface area contributed by atoms with Gasteiger partial charge in [0.25, 0.3) is 0 Å². The maximum absolute atomic E-state index is 10.8. The number of aliphatic hydroxyl groups excluding tert-OH is 1. The molecule has 0 aliphatic heterocycles. The largest absolute Gasteiger partial charge is 0.384 e. The van der Waals surface area contributed by atoms with E-state index in [0.717, 1.165) is 29.8 Å². The predicted molar refractivity (Wildman–Crippen MR) is 154 cm³/mol. The van der Waals surface area contributed by atoms with Gasteiger partial charge in [-0.15, -0.1) is 0 Å². The first-order chi connectivity index (χ1) is 17.5. The lowest BCUT2D eigenvalue weighted by atomic mass is 10.0. The van der Waals surface area contributed by atoms with Crippen LogP contribution in [-0.2, 0) is 6.42 Å². The minimum absolute atomic E-state index is 0.616. The first kappa shape index (κ1) is 25.7. The summed E-state index contributed by atoms with van der Waals surface area (Å²) < 4.78 is 2.33. The zero-order valence-electron chi connectivity index (χ0n) is 21.7. The molecule has 3 N–H and O–H groups in total. The Labute approximate surface area is 215 Å². The van der Waals surface area contributed by atoms with E-state index in [1.807, 2.05) is 42.5 Å². The number of aromatic nitrogens is 1. The lowest BCUT2D eigenvalue weighted by molar-refractivity contribution is 0.220. The molecule has 5 rings (SSSR count). The molecule has 0 aliphatic carbocycles. The summed E-state index contributed by atoms with van der Waals surface area (Å²) >= 11 is 0. The summed E-state index contributed by atoms with van der Waals surface area (Å²) in [7, 11) is 0. The minimum atomic E-state index is -0.616. The van der Waals surface area contributed by atoms with Crippen molar-refractivity contribution in [1.82, 2.24) is 4.57 Å². The lowest BCUT2D eigenvalue weighted by Crippen LogP contribution is -2.05. The van der Waals surface area contributed by atoms with Crippen molar-refractivity contribution in [2.45, 2.75) is 46.1 Å². The average molecular weight is 479 g/mol. The van der Waals surface area contributed by atoms with Crippen LogP contribution in [0.1, 0.15) is 56.4 Å². The maximum atomic E-state index is 10.8. The van der Waals surface area contributed by atoms with Gasteiger partial charge in [-0.05, 0) is 72.3 Å². The van der Waals surface area contributed by atoms with Crippen molar-refractivity contribution in [2.75, 3.05) is 6.54 Å². The van der Waals surface area contributed by atoms with Gasteiger partial charge in [0.15, 0.2) is 0 Å². The fraction of sp³-hybridized carbons (Fsp3) is 0.273. The van der Waals surface area contributed by atoms with Crippen LogP contribution in [-0.4, -0.2) is 16.2 Å². The molecule has 1 aromatic heterocycles. The molecule has 0 radical (unpaired) electrons. The Bertz CT molecular complexity index is 1380. The molecule has 3 heteroatoms. The third-order valence-corrected chi connectivity index (χ3v) is 6.61. The van der Waals surface area contributed by atoms with Crippen molar-refractivity contribution in [3.8, 4) is 5.69 Å². The molecule has 186 valence electrons. The van der Waals surface area contributed by atoms with Crippen LogP contribution in [0.5, 0.6) is 0 Å². The summed E-state index contributed by atoms with van der Waals surface area (Å²) in [6.07, 6.45) is 2.93. The van der Waals surface area contributed by atoms with Gasteiger partial charge in [0, 0.05) is 16.5 Å². The van der Waals surface area contributed by atoms with E-state index in [9.17, 15) is 5.11 Å². The molecular weight excluding hydrogens is 440 g/mol. The van der Waals surface area contributed by atoms with Gasteiger partial charge in [-0.25, -0.2) is 0 Å². The van der Waals surface area contributed by atoms with E-state index in [0.29, 0.717) is 5.92 Å². The molecule has 0 fully saturated rings. The van der Waals surface area contributed by atoms with Crippen molar-refractivity contribution in [3.63, 3.8) is 0 Å². The monoisotopic (exact) mass is 478 g/mol. The van der Waals surface area contributed by atoms with Gasteiger partial charge in [0.2, 0.25) is 0 Å². The zero-order chi connectivity index (χ0) is 25.5. The van der Waals surface area contributed by atoms with Gasteiger partial charge in [0.05, 0.1) is 11.0 Å². The molecule has 3 nitrogen and oxygen atoms in total. The van der Waals surface area contributed by atoms with E-state index in [1.165, 1.54) is 40.2 Å². The van der Waals surface area contributed by atoms with Gasteiger partial charge in [-0.3, -0.25) is 0 Å². The highest BCUT2D eigenvalue weighted by molar-refractivity contribution is 6.09. The first-order valence-corrected chi connectivity index (χ1v) is 13.1. The number of nitrogens with zero attached hydrogens (tertiary/aromatic N) is 1. The number of benzene rings is 4. The molecule has 1 atom stereocenters. The van der Waals surface area contributed by atoms with Crippen LogP contribution >= 0.6 is 0 Å². The van der Waals surface area contributed by atoms with Gasteiger partial charge in [-0.2, -0.15) is 0 Å². The van der Waals surface area contributed by atoms with E-state index in [1.54, 1.807) is 0 Å². The van der Waals surface area contributed by atoms with Gasteiger partial charge in [0.1, 0.15) is 6.10 Å². The van der Waals surface area contributed by atoms with Crippen LogP contribution < -0.4 is 5.73 Å². The summed E-state index contributed by atoms with van der Waals surface area (Å²) in [6.45, 7) is 7.24. The van der Waals surface area contributed by atoms with Gasteiger partial charge in [-0.1, -0.05) is 93.9 Å². The Balaban J connectivity index is 0.000000556. The topological polar surface area (TPSA) is 51.2 Å². The molecule has 0 amide bonds. The van der Waals surface area contributed by atoms with Crippen molar-refractivity contribution < 1.29 is 5.11 Å². The number of rotatable bonds is 7. The molecule has 1 unspecified atom stereocenters. The van der Waals surface area contributed by atoms with Crippen molar-refractivity contribution in [2.24, 2.45) is 11.7 Å². The van der Waals surface area contributed by atoms with Crippen LogP contribution in [0.2, 0.25) is 0 Å². The van der Waals surface area contributed by atoms with Crippen molar-refractivity contribution >= 4 is 21.8 Å². The number of fused-ring (bicyclic) bond motifs is 3. The summed E-state index contributed by atoms with van der Waals surface area (Å²) in [5.41, 5.74) is 11.9. The SMILES string of the molecule is CC(C)CN.CCCCc1ccc2c(c1)c1ccccc1n2-c1ccc(C(O)c2ccccc2)cc1. The quantitative estimate of drug-likeness (QED) is 0.251. The number of aliphatic hydroxyl groups is 1. The molecule has 0 bridgehead atoms. The number of hydrogen-bond acceptors (Lipinski definition) is 2. The Hall–Kier alpha value is -3.40. The van der Waals surface area contributed by atoms with Crippen LogP contribution in [0.15, 0.2) is 97.1 Å².